The molecule has 150 valence electrons. The van der Waals surface area contributed by atoms with Gasteiger partial charge < -0.3 is 15.2 Å². The quantitative estimate of drug-likeness (QED) is 0.338. The smallest absolute Gasteiger partial charge is 0.269 e. The molecule has 0 aliphatic rings. The van der Waals surface area contributed by atoms with Crippen molar-refractivity contribution in [3.8, 4) is 5.75 Å². The minimum absolute atomic E-state index is 0.0361. The van der Waals surface area contributed by atoms with Crippen molar-refractivity contribution in [2.24, 2.45) is 0 Å². The molecule has 2 N–H and O–H groups in total. The summed E-state index contributed by atoms with van der Waals surface area (Å²) in [5.41, 5.74) is 2.57. The molecule has 3 rings (SSSR count). The zero-order valence-electron chi connectivity index (χ0n) is 15.8. The molecule has 0 fully saturated rings. The van der Waals surface area contributed by atoms with Crippen LogP contribution in [0.15, 0.2) is 77.3 Å². The van der Waals surface area contributed by atoms with Crippen LogP contribution in [0.5, 0.6) is 5.75 Å². The average Bonchev–Trinajstić information content (AvgIpc) is 2.74. The van der Waals surface area contributed by atoms with Crippen LogP contribution in [0.4, 0.5) is 11.4 Å². The van der Waals surface area contributed by atoms with Crippen LogP contribution in [0, 0.1) is 10.1 Å². The second-order valence-corrected chi connectivity index (χ2v) is 7.49. The van der Waals surface area contributed by atoms with Crippen molar-refractivity contribution >= 4 is 27.3 Å². The predicted octanol–water partition coefficient (Wildman–Crippen LogP) is 5.64. The Labute approximate surface area is 177 Å². The lowest BCUT2D eigenvalue weighted by Gasteiger charge is -2.24. The SMILES string of the molecule is COc1ccc(C(O)CC(Nc2ccc([N+](=O)[O-])cc2)c2ccc(Br)cc2)cc1. The predicted molar refractivity (Wildman–Crippen MR) is 116 cm³/mol. The van der Waals surface area contributed by atoms with Crippen LogP contribution in [0.25, 0.3) is 0 Å². The first-order chi connectivity index (χ1) is 14.0. The summed E-state index contributed by atoms with van der Waals surface area (Å²) in [5, 5.41) is 25.0. The van der Waals surface area contributed by atoms with Gasteiger partial charge in [0.25, 0.3) is 5.69 Å². The molecule has 0 spiro atoms. The van der Waals surface area contributed by atoms with Crippen molar-refractivity contribution in [2.75, 3.05) is 12.4 Å². The van der Waals surface area contributed by atoms with Crippen LogP contribution in [-0.2, 0) is 0 Å². The molecule has 0 amide bonds. The molecule has 0 radical (unpaired) electrons. The summed E-state index contributed by atoms with van der Waals surface area (Å²) in [6, 6.07) is 21.2. The van der Waals surface area contributed by atoms with Gasteiger partial charge in [0.05, 0.1) is 24.2 Å². The van der Waals surface area contributed by atoms with E-state index in [1.165, 1.54) is 12.1 Å². The zero-order chi connectivity index (χ0) is 20.8. The third kappa shape index (κ3) is 5.56. The van der Waals surface area contributed by atoms with Gasteiger partial charge in [0.15, 0.2) is 0 Å². The lowest BCUT2D eigenvalue weighted by molar-refractivity contribution is -0.384. The van der Waals surface area contributed by atoms with E-state index in [0.29, 0.717) is 6.42 Å². The second kappa shape index (κ2) is 9.54. The number of halogens is 1. The standard InChI is InChI=1S/C22H21BrN2O4/c1-29-20-12-4-16(5-13-20)22(26)14-21(15-2-6-17(23)7-3-15)24-18-8-10-19(11-9-18)25(27)28/h2-13,21-22,24,26H,14H2,1H3. The number of nitro benzene ring substituents is 1. The molecule has 0 aliphatic heterocycles. The monoisotopic (exact) mass is 456 g/mol. The molecule has 6 nitrogen and oxygen atoms in total. The number of nitrogens with one attached hydrogen (secondary N) is 1. The normalized spacial score (nSPS) is 12.8. The Kier molecular flexibility index (Phi) is 6.85. The van der Waals surface area contributed by atoms with Gasteiger partial charge in [-0.3, -0.25) is 10.1 Å². The van der Waals surface area contributed by atoms with E-state index in [2.05, 4.69) is 21.2 Å². The minimum atomic E-state index is -0.694. The average molecular weight is 457 g/mol. The van der Waals surface area contributed by atoms with Crippen molar-refractivity contribution in [2.45, 2.75) is 18.6 Å². The van der Waals surface area contributed by atoms with E-state index in [-0.39, 0.29) is 11.7 Å². The highest BCUT2D eigenvalue weighted by molar-refractivity contribution is 9.10. The fourth-order valence-electron chi connectivity index (χ4n) is 3.04. The molecule has 0 saturated carbocycles. The maximum absolute atomic E-state index is 10.9. The van der Waals surface area contributed by atoms with Crippen LogP contribution < -0.4 is 10.1 Å². The molecule has 0 bridgehead atoms. The van der Waals surface area contributed by atoms with Crippen molar-refractivity contribution in [1.82, 2.24) is 0 Å². The van der Waals surface area contributed by atoms with Crippen molar-refractivity contribution < 1.29 is 14.8 Å². The molecule has 0 saturated heterocycles. The molecular weight excluding hydrogens is 436 g/mol. The number of nitro groups is 1. The van der Waals surface area contributed by atoms with Crippen molar-refractivity contribution in [1.29, 1.82) is 0 Å². The van der Waals surface area contributed by atoms with E-state index in [0.717, 1.165) is 27.0 Å². The summed E-state index contributed by atoms with van der Waals surface area (Å²) in [4.78, 5) is 10.4. The minimum Gasteiger partial charge on any atom is -0.497 e. The number of nitrogens with zero attached hydrogens (tertiary/aromatic N) is 1. The molecule has 2 unspecified atom stereocenters. The summed E-state index contributed by atoms with van der Waals surface area (Å²) in [7, 11) is 1.60. The number of methoxy groups -OCH3 is 1. The van der Waals surface area contributed by atoms with E-state index in [1.54, 1.807) is 19.2 Å². The number of aliphatic hydroxyl groups excluding tert-OH is 1. The van der Waals surface area contributed by atoms with Crippen LogP contribution >= 0.6 is 15.9 Å². The fraction of sp³-hybridized carbons (Fsp3) is 0.182. The van der Waals surface area contributed by atoms with Gasteiger partial charge in [0, 0.05) is 28.7 Å². The molecular formula is C22H21BrN2O4. The van der Waals surface area contributed by atoms with E-state index >= 15 is 0 Å². The number of hydrogen-bond donors (Lipinski definition) is 2. The number of non-ortho nitro benzene ring substituents is 1. The summed E-state index contributed by atoms with van der Waals surface area (Å²) in [5.74, 6) is 0.731. The maximum atomic E-state index is 10.9. The number of rotatable bonds is 8. The molecule has 2 atom stereocenters. The lowest BCUT2D eigenvalue weighted by Crippen LogP contribution is -2.15. The summed E-state index contributed by atoms with van der Waals surface area (Å²) < 4.78 is 6.13. The highest BCUT2D eigenvalue weighted by Gasteiger charge is 2.19. The Hall–Kier alpha value is -2.90. The Morgan fingerprint density at radius 1 is 1.00 bits per heavy atom. The van der Waals surface area contributed by atoms with E-state index in [4.69, 9.17) is 4.74 Å². The Morgan fingerprint density at radius 3 is 2.14 bits per heavy atom. The first kappa shape index (κ1) is 20.8. The van der Waals surface area contributed by atoms with Gasteiger partial charge in [-0.25, -0.2) is 0 Å². The summed E-state index contributed by atoms with van der Waals surface area (Å²) >= 11 is 3.44. The fourth-order valence-corrected chi connectivity index (χ4v) is 3.30. The highest BCUT2D eigenvalue weighted by Crippen LogP contribution is 2.31. The molecule has 3 aromatic carbocycles. The van der Waals surface area contributed by atoms with Crippen LogP contribution in [-0.4, -0.2) is 17.1 Å². The van der Waals surface area contributed by atoms with Gasteiger partial charge in [-0.15, -0.1) is 0 Å². The van der Waals surface area contributed by atoms with Crippen molar-refractivity contribution in [3.63, 3.8) is 0 Å². The summed E-state index contributed by atoms with van der Waals surface area (Å²) in [6.45, 7) is 0. The van der Waals surface area contributed by atoms with Crippen molar-refractivity contribution in [3.05, 3.63) is 98.5 Å². The molecule has 0 aliphatic carbocycles. The van der Waals surface area contributed by atoms with Crippen LogP contribution in [0.1, 0.15) is 29.7 Å². The molecule has 3 aromatic rings. The van der Waals surface area contributed by atoms with Gasteiger partial charge in [-0.1, -0.05) is 40.2 Å². The van der Waals surface area contributed by atoms with Crippen LogP contribution in [0.2, 0.25) is 0 Å². The first-order valence-electron chi connectivity index (χ1n) is 9.04. The summed E-state index contributed by atoms with van der Waals surface area (Å²) in [6.07, 6.45) is -0.273. The highest BCUT2D eigenvalue weighted by atomic mass is 79.9. The Balaban J connectivity index is 1.82. The lowest BCUT2D eigenvalue weighted by atomic mass is 9.96. The number of anilines is 1. The van der Waals surface area contributed by atoms with E-state index in [1.807, 2.05) is 48.5 Å². The number of benzene rings is 3. The number of hydrogen-bond acceptors (Lipinski definition) is 5. The van der Waals surface area contributed by atoms with E-state index < -0.39 is 11.0 Å². The zero-order valence-corrected chi connectivity index (χ0v) is 17.4. The second-order valence-electron chi connectivity index (χ2n) is 6.58. The Morgan fingerprint density at radius 2 is 1.59 bits per heavy atom. The number of aliphatic hydroxyl groups is 1. The topological polar surface area (TPSA) is 84.6 Å². The van der Waals surface area contributed by atoms with Crippen LogP contribution in [0.3, 0.4) is 0 Å². The van der Waals surface area contributed by atoms with Gasteiger partial charge in [-0.2, -0.15) is 0 Å². The number of ether oxygens (including phenoxy) is 1. The molecule has 0 heterocycles. The maximum Gasteiger partial charge on any atom is 0.269 e. The van der Waals surface area contributed by atoms with Gasteiger partial charge in [0.2, 0.25) is 0 Å². The van der Waals surface area contributed by atoms with Gasteiger partial charge in [0.1, 0.15) is 5.75 Å². The third-order valence-electron chi connectivity index (χ3n) is 4.65. The largest absolute Gasteiger partial charge is 0.497 e. The van der Waals surface area contributed by atoms with Gasteiger partial charge >= 0.3 is 0 Å². The first-order valence-corrected chi connectivity index (χ1v) is 9.84. The Bertz CT molecular complexity index is 944. The van der Waals surface area contributed by atoms with Gasteiger partial charge in [-0.05, 0) is 47.5 Å². The molecule has 0 aromatic heterocycles. The third-order valence-corrected chi connectivity index (χ3v) is 5.18. The molecule has 7 heteroatoms. The van der Waals surface area contributed by atoms with E-state index in [9.17, 15) is 15.2 Å². The molecule has 29 heavy (non-hydrogen) atoms.